The highest BCUT2D eigenvalue weighted by atomic mass is 32.2. The largest absolute Gasteiger partial charge is 0.361 e. The van der Waals surface area contributed by atoms with E-state index in [2.05, 4.69) is 10.5 Å². The molecular weight excluding hydrogens is 248 g/mol. The zero-order valence-electron chi connectivity index (χ0n) is 10.8. The molecule has 1 fully saturated rings. The van der Waals surface area contributed by atoms with Gasteiger partial charge in [0.1, 0.15) is 5.76 Å². The predicted molar refractivity (Wildman–Crippen MR) is 72.4 cm³/mol. The number of rotatable bonds is 5. The van der Waals surface area contributed by atoms with Gasteiger partial charge in [-0.25, -0.2) is 0 Å². The lowest BCUT2D eigenvalue weighted by Crippen LogP contribution is -2.37. The fourth-order valence-corrected chi connectivity index (χ4v) is 2.97. The zero-order valence-corrected chi connectivity index (χ0v) is 11.6. The van der Waals surface area contributed by atoms with Gasteiger partial charge in [-0.3, -0.25) is 4.79 Å². The summed E-state index contributed by atoms with van der Waals surface area (Å²) in [6.07, 6.45) is 6.08. The van der Waals surface area contributed by atoms with Crippen LogP contribution >= 0.6 is 11.8 Å². The first-order chi connectivity index (χ1) is 8.74. The van der Waals surface area contributed by atoms with E-state index < -0.39 is 0 Å². The molecule has 1 heterocycles. The molecule has 1 saturated carbocycles. The van der Waals surface area contributed by atoms with Crippen molar-refractivity contribution in [2.45, 2.75) is 50.8 Å². The minimum Gasteiger partial charge on any atom is -0.361 e. The van der Waals surface area contributed by atoms with Gasteiger partial charge in [0.15, 0.2) is 0 Å². The topological polar surface area (TPSA) is 55.1 Å². The molecule has 18 heavy (non-hydrogen) atoms. The molecule has 1 aromatic rings. The van der Waals surface area contributed by atoms with E-state index in [0.29, 0.717) is 11.8 Å². The molecule has 1 amide bonds. The second-order valence-corrected chi connectivity index (χ2v) is 5.81. The summed E-state index contributed by atoms with van der Waals surface area (Å²) in [5.41, 5.74) is 0.906. The summed E-state index contributed by atoms with van der Waals surface area (Å²) < 4.78 is 4.98. The maximum Gasteiger partial charge on any atom is 0.230 e. The third-order valence-electron chi connectivity index (χ3n) is 3.13. The highest BCUT2D eigenvalue weighted by molar-refractivity contribution is 7.99. The Labute approximate surface area is 112 Å². The molecule has 1 aromatic heterocycles. The maximum absolute atomic E-state index is 11.7. The molecule has 0 spiro atoms. The lowest BCUT2D eigenvalue weighted by atomic mass is 9.95. The van der Waals surface area contributed by atoms with Crippen LogP contribution in [0.3, 0.4) is 0 Å². The molecule has 1 N–H and O–H groups in total. The summed E-state index contributed by atoms with van der Waals surface area (Å²) in [6.45, 7) is 1.87. The highest BCUT2D eigenvalue weighted by Crippen LogP contribution is 2.18. The van der Waals surface area contributed by atoms with Crippen LogP contribution in [0.15, 0.2) is 10.6 Å². The van der Waals surface area contributed by atoms with E-state index in [-0.39, 0.29) is 5.91 Å². The zero-order chi connectivity index (χ0) is 12.8. The minimum atomic E-state index is 0.145. The number of hydrogen-bond donors (Lipinski definition) is 1. The first-order valence-corrected chi connectivity index (χ1v) is 7.69. The van der Waals surface area contributed by atoms with Gasteiger partial charge in [-0.1, -0.05) is 24.4 Å². The van der Waals surface area contributed by atoms with E-state index >= 15 is 0 Å². The van der Waals surface area contributed by atoms with E-state index in [4.69, 9.17) is 4.52 Å². The molecule has 0 aromatic carbocycles. The lowest BCUT2D eigenvalue weighted by molar-refractivity contribution is -0.119. The van der Waals surface area contributed by atoms with E-state index in [1.807, 2.05) is 13.0 Å². The molecule has 100 valence electrons. The van der Waals surface area contributed by atoms with Crippen molar-refractivity contribution >= 4 is 17.7 Å². The summed E-state index contributed by atoms with van der Waals surface area (Å²) in [6, 6.07) is 2.31. The summed E-state index contributed by atoms with van der Waals surface area (Å²) in [7, 11) is 0. The van der Waals surface area contributed by atoms with Crippen LogP contribution in [0.4, 0.5) is 0 Å². The number of aromatic nitrogens is 1. The van der Waals surface area contributed by atoms with Gasteiger partial charge in [0.2, 0.25) is 5.91 Å². The van der Waals surface area contributed by atoms with Crippen molar-refractivity contribution in [1.82, 2.24) is 10.5 Å². The van der Waals surface area contributed by atoms with Crippen LogP contribution < -0.4 is 5.32 Å². The molecule has 4 nitrogen and oxygen atoms in total. The lowest BCUT2D eigenvalue weighted by Gasteiger charge is -2.22. The number of carbonyl (C=O) groups is 1. The summed E-state index contributed by atoms with van der Waals surface area (Å²) in [5.74, 6) is 2.20. The van der Waals surface area contributed by atoms with Crippen LogP contribution in [0.2, 0.25) is 0 Å². The van der Waals surface area contributed by atoms with Gasteiger partial charge < -0.3 is 9.84 Å². The van der Waals surface area contributed by atoms with Crippen molar-refractivity contribution in [3.05, 3.63) is 17.5 Å². The number of nitrogens with zero attached hydrogens (tertiary/aromatic N) is 1. The summed E-state index contributed by atoms with van der Waals surface area (Å²) in [4.78, 5) is 11.7. The Kier molecular flexibility index (Phi) is 5.11. The molecule has 0 aliphatic heterocycles. The minimum absolute atomic E-state index is 0.145. The quantitative estimate of drug-likeness (QED) is 0.892. The van der Waals surface area contributed by atoms with Gasteiger partial charge in [0.05, 0.1) is 11.4 Å². The molecule has 0 atom stereocenters. The van der Waals surface area contributed by atoms with Crippen molar-refractivity contribution in [3.8, 4) is 0 Å². The fraction of sp³-hybridized carbons (Fsp3) is 0.692. The Morgan fingerprint density at radius 2 is 2.28 bits per heavy atom. The first-order valence-electron chi connectivity index (χ1n) is 6.53. The number of aryl methyl sites for hydroxylation is 1. The first kappa shape index (κ1) is 13.5. The molecule has 0 unspecified atom stereocenters. The Hall–Kier alpha value is -0.970. The third-order valence-corrected chi connectivity index (χ3v) is 4.10. The smallest absolute Gasteiger partial charge is 0.230 e. The number of amides is 1. The van der Waals surface area contributed by atoms with Crippen LogP contribution in [0, 0.1) is 6.92 Å². The standard InChI is InChI=1S/C13H20N2O2S/c1-10-7-12(15-17-10)8-18-9-13(16)14-11-5-3-2-4-6-11/h7,11H,2-6,8-9H2,1H3,(H,14,16). The van der Waals surface area contributed by atoms with Gasteiger partial charge in [-0.2, -0.15) is 0 Å². The number of carbonyl (C=O) groups excluding carboxylic acids is 1. The van der Waals surface area contributed by atoms with Crippen LogP contribution in [0.1, 0.15) is 43.6 Å². The average molecular weight is 268 g/mol. The van der Waals surface area contributed by atoms with Gasteiger partial charge in [0.25, 0.3) is 0 Å². The number of nitrogens with one attached hydrogen (secondary N) is 1. The van der Waals surface area contributed by atoms with Crippen molar-refractivity contribution < 1.29 is 9.32 Å². The van der Waals surface area contributed by atoms with Crippen LogP contribution in [0.5, 0.6) is 0 Å². The Balaban J connectivity index is 1.62. The Morgan fingerprint density at radius 3 is 2.94 bits per heavy atom. The van der Waals surface area contributed by atoms with E-state index in [0.717, 1.165) is 30.0 Å². The van der Waals surface area contributed by atoms with Crippen molar-refractivity contribution in [1.29, 1.82) is 0 Å². The number of hydrogen-bond acceptors (Lipinski definition) is 4. The molecule has 1 aliphatic carbocycles. The summed E-state index contributed by atoms with van der Waals surface area (Å²) in [5, 5.41) is 7.01. The Morgan fingerprint density at radius 1 is 1.50 bits per heavy atom. The van der Waals surface area contributed by atoms with Crippen LogP contribution in [-0.4, -0.2) is 22.9 Å². The second kappa shape index (κ2) is 6.83. The third kappa shape index (κ3) is 4.37. The molecular formula is C13H20N2O2S. The Bertz CT molecular complexity index is 386. The second-order valence-electron chi connectivity index (χ2n) is 4.82. The van der Waals surface area contributed by atoms with Gasteiger partial charge in [0, 0.05) is 17.9 Å². The monoisotopic (exact) mass is 268 g/mol. The molecule has 1 aliphatic rings. The van der Waals surface area contributed by atoms with Gasteiger partial charge in [-0.05, 0) is 19.8 Å². The number of thioether (sulfide) groups is 1. The molecule has 0 bridgehead atoms. The highest BCUT2D eigenvalue weighted by Gasteiger charge is 2.15. The normalized spacial score (nSPS) is 16.7. The molecule has 0 saturated heterocycles. The van der Waals surface area contributed by atoms with E-state index in [9.17, 15) is 4.79 Å². The SMILES string of the molecule is Cc1cc(CSCC(=O)NC2CCCCC2)no1. The van der Waals surface area contributed by atoms with Crippen LogP contribution in [-0.2, 0) is 10.5 Å². The molecule has 5 heteroatoms. The average Bonchev–Trinajstić information content (AvgIpc) is 2.76. The predicted octanol–water partition coefficient (Wildman–Crippen LogP) is 2.67. The van der Waals surface area contributed by atoms with E-state index in [1.165, 1.54) is 19.3 Å². The fourth-order valence-electron chi connectivity index (χ4n) is 2.25. The van der Waals surface area contributed by atoms with Crippen molar-refractivity contribution in [2.75, 3.05) is 5.75 Å². The van der Waals surface area contributed by atoms with Crippen molar-refractivity contribution in [3.63, 3.8) is 0 Å². The van der Waals surface area contributed by atoms with E-state index in [1.54, 1.807) is 11.8 Å². The summed E-state index contributed by atoms with van der Waals surface area (Å²) >= 11 is 1.58. The van der Waals surface area contributed by atoms with Gasteiger partial charge >= 0.3 is 0 Å². The van der Waals surface area contributed by atoms with Crippen LogP contribution in [0.25, 0.3) is 0 Å². The maximum atomic E-state index is 11.7. The molecule has 2 rings (SSSR count). The molecule has 0 radical (unpaired) electrons. The van der Waals surface area contributed by atoms with Crippen molar-refractivity contribution in [2.24, 2.45) is 0 Å². The van der Waals surface area contributed by atoms with Gasteiger partial charge in [-0.15, -0.1) is 11.8 Å².